The van der Waals surface area contributed by atoms with Crippen molar-refractivity contribution in [3.05, 3.63) is 0 Å². The Kier molecular flexibility index (Phi) is 9.66. The van der Waals surface area contributed by atoms with Gasteiger partial charge in [0.15, 0.2) is 6.29 Å². The molecule has 7 heteroatoms. The highest BCUT2D eigenvalue weighted by atomic mass is 16.7. The molecule has 1 heterocycles. The Balaban J connectivity index is 2.32. The standard InChI is InChI=1S/C16H30O7/c1-3-5-6-7-8-9-12(17)22-10-11-13(18)14(19)15(20)16(23-11)21-4-2/h11,13-16,18-20H,3-10H2,1-2H3/t11-,13-,14+,15-,16-/m1/s1. The molecule has 0 spiro atoms. The topological polar surface area (TPSA) is 105 Å². The van der Waals surface area contributed by atoms with Gasteiger partial charge in [-0.15, -0.1) is 0 Å². The van der Waals surface area contributed by atoms with Crippen LogP contribution in [0.2, 0.25) is 0 Å². The van der Waals surface area contributed by atoms with E-state index in [2.05, 4.69) is 6.92 Å². The van der Waals surface area contributed by atoms with E-state index in [-0.39, 0.29) is 19.2 Å². The summed E-state index contributed by atoms with van der Waals surface area (Å²) in [5, 5.41) is 29.5. The van der Waals surface area contributed by atoms with Crippen molar-refractivity contribution in [2.24, 2.45) is 0 Å². The van der Waals surface area contributed by atoms with Gasteiger partial charge in [-0.1, -0.05) is 32.6 Å². The Bertz CT molecular complexity index is 336. The summed E-state index contributed by atoms with van der Waals surface area (Å²) in [6.07, 6.45) is -0.538. The number of aliphatic hydroxyl groups is 3. The molecule has 136 valence electrons. The summed E-state index contributed by atoms with van der Waals surface area (Å²) in [4.78, 5) is 11.7. The monoisotopic (exact) mass is 334 g/mol. The molecule has 0 saturated carbocycles. The van der Waals surface area contributed by atoms with Crippen molar-refractivity contribution in [2.45, 2.75) is 83.1 Å². The number of unbranched alkanes of at least 4 members (excludes halogenated alkanes) is 4. The number of rotatable bonds is 10. The van der Waals surface area contributed by atoms with Crippen LogP contribution >= 0.6 is 0 Å². The molecule has 3 N–H and O–H groups in total. The number of carbonyl (C=O) groups excluding carboxylic acids is 1. The maximum absolute atomic E-state index is 11.7. The Labute approximate surface area is 137 Å². The third-order valence-electron chi connectivity index (χ3n) is 3.89. The zero-order valence-electron chi connectivity index (χ0n) is 14.0. The van der Waals surface area contributed by atoms with Crippen molar-refractivity contribution in [2.75, 3.05) is 13.2 Å². The first-order valence-corrected chi connectivity index (χ1v) is 8.48. The Morgan fingerprint density at radius 3 is 2.35 bits per heavy atom. The zero-order valence-corrected chi connectivity index (χ0v) is 14.0. The molecule has 7 nitrogen and oxygen atoms in total. The molecule has 0 aromatic carbocycles. The molecular weight excluding hydrogens is 304 g/mol. The quantitative estimate of drug-likeness (QED) is 0.399. The first kappa shape index (κ1) is 20.3. The van der Waals surface area contributed by atoms with E-state index in [9.17, 15) is 20.1 Å². The molecule has 0 aliphatic carbocycles. The lowest BCUT2D eigenvalue weighted by atomic mass is 9.99. The molecule has 0 amide bonds. The van der Waals surface area contributed by atoms with Crippen LogP contribution in [0.1, 0.15) is 52.4 Å². The van der Waals surface area contributed by atoms with Crippen LogP contribution in [0.25, 0.3) is 0 Å². The van der Waals surface area contributed by atoms with Crippen molar-refractivity contribution >= 4 is 5.97 Å². The Hall–Kier alpha value is -0.730. The van der Waals surface area contributed by atoms with Crippen LogP contribution in [-0.2, 0) is 19.0 Å². The second-order valence-corrected chi connectivity index (χ2v) is 5.82. The highest BCUT2D eigenvalue weighted by molar-refractivity contribution is 5.69. The maximum atomic E-state index is 11.7. The Morgan fingerprint density at radius 1 is 1.00 bits per heavy atom. The van der Waals surface area contributed by atoms with Gasteiger partial charge in [0.1, 0.15) is 31.0 Å². The van der Waals surface area contributed by atoms with E-state index in [1.807, 2.05) is 0 Å². The fourth-order valence-electron chi connectivity index (χ4n) is 2.48. The fourth-order valence-corrected chi connectivity index (χ4v) is 2.48. The van der Waals surface area contributed by atoms with Crippen molar-refractivity contribution in [3.8, 4) is 0 Å². The minimum atomic E-state index is -1.40. The highest BCUT2D eigenvalue weighted by Gasteiger charge is 2.44. The molecule has 0 unspecified atom stereocenters. The van der Waals surface area contributed by atoms with Gasteiger partial charge in [-0.2, -0.15) is 0 Å². The second-order valence-electron chi connectivity index (χ2n) is 5.82. The molecule has 1 fully saturated rings. The van der Waals surface area contributed by atoms with Gasteiger partial charge in [0.05, 0.1) is 0 Å². The van der Waals surface area contributed by atoms with Gasteiger partial charge in [-0.05, 0) is 13.3 Å². The maximum Gasteiger partial charge on any atom is 0.305 e. The van der Waals surface area contributed by atoms with E-state index in [1.54, 1.807) is 6.92 Å². The van der Waals surface area contributed by atoms with Gasteiger partial charge in [-0.25, -0.2) is 0 Å². The van der Waals surface area contributed by atoms with Crippen molar-refractivity contribution in [3.63, 3.8) is 0 Å². The van der Waals surface area contributed by atoms with Gasteiger partial charge in [-0.3, -0.25) is 4.79 Å². The number of hydrogen-bond donors (Lipinski definition) is 3. The largest absolute Gasteiger partial charge is 0.463 e. The predicted octanol–water partition coefficient (Wildman–Crippen LogP) is 0.734. The molecule has 1 aliphatic heterocycles. The van der Waals surface area contributed by atoms with E-state index >= 15 is 0 Å². The first-order valence-electron chi connectivity index (χ1n) is 8.48. The lowest BCUT2D eigenvalue weighted by molar-refractivity contribution is -0.300. The number of hydrogen-bond acceptors (Lipinski definition) is 7. The predicted molar refractivity (Wildman–Crippen MR) is 82.6 cm³/mol. The molecule has 5 atom stereocenters. The number of aliphatic hydroxyl groups excluding tert-OH is 3. The van der Waals surface area contributed by atoms with Crippen molar-refractivity contribution < 1.29 is 34.3 Å². The molecule has 0 aromatic heterocycles. The molecular formula is C16H30O7. The molecule has 1 rings (SSSR count). The van der Waals surface area contributed by atoms with Crippen LogP contribution in [0.15, 0.2) is 0 Å². The lowest BCUT2D eigenvalue weighted by Gasteiger charge is -2.39. The van der Waals surface area contributed by atoms with Gasteiger partial charge in [0.2, 0.25) is 0 Å². The minimum absolute atomic E-state index is 0.178. The Morgan fingerprint density at radius 2 is 1.70 bits per heavy atom. The van der Waals surface area contributed by atoms with E-state index in [4.69, 9.17) is 14.2 Å². The van der Waals surface area contributed by atoms with E-state index in [0.29, 0.717) is 6.42 Å². The third-order valence-corrected chi connectivity index (χ3v) is 3.89. The molecule has 0 bridgehead atoms. The summed E-state index contributed by atoms with van der Waals surface area (Å²) in [5.74, 6) is -0.356. The molecule has 0 aromatic rings. The highest BCUT2D eigenvalue weighted by Crippen LogP contribution is 2.22. The summed E-state index contributed by atoms with van der Waals surface area (Å²) in [7, 11) is 0. The SMILES string of the molecule is CCCCCCCC(=O)OC[C@H]1O[C@@H](OCC)[C@H](O)[C@@H](O)[C@@H]1O. The zero-order chi connectivity index (χ0) is 17.2. The number of ether oxygens (including phenoxy) is 3. The van der Waals surface area contributed by atoms with Crippen LogP contribution in [0.4, 0.5) is 0 Å². The average molecular weight is 334 g/mol. The number of carbonyl (C=O) groups is 1. The second kappa shape index (κ2) is 10.9. The van der Waals surface area contributed by atoms with E-state index in [0.717, 1.165) is 32.1 Å². The lowest BCUT2D eigenvalue weighted by Crippen LogP contribution is -2.59. The summed E-state index contributed by atoms with van der Waals surface area (Å²) in [6.45, 7) is 3.96. The summed E-state index contributed by atoms with van der Waals surface area (Å²) >= 11 is 0. The molecule has 0 radical (unpaired) electrons. The molecule has 1 saturated heterocycles. The third kappa shape index (κ3) is 6.73. The van der Waals surface area contributed by atoms with Gasteiger partial charge < -0.3 is 29.5 Å². The van der Waals surface area contributed by atoms with Crippen molar-refractivity contribution in [1.29, 1.82) is 0 Å². The molecule has 1 aliphatic rings. The normalized spacial score (nSPS) is 31.1. The smallest absolute Gasteiger partial charge is 0.305 e. The van der Waals surface area contributed by atoms with E-state index < -0.39 is 30.7 Å². The summed E-state index contributed by atoms with van der Waals surface area (Å²) in [5.41, 5.74) is 0. The van der Waals surface area contributed by atoms with Gasteiger partial charge in [0.25, 0.3) is 0 Å². The van der Waals surface area contributed by atoms with Crippen LogP contribution in [0, 0.1) is 0 Å². The summed E-state index contributed by atoms with van der Waals surface area (Å²) in [6, 6.07) is 0. The van der Waals surface area contributed by atoms with Crippen LogP contribution in [0.5, 0.6) is 0 Å². The van der Waals surface area contributed by atoms with Crippen LogP contribution in [-0.4, -0.2) is 65.2 Å². The van der Waals surface area contributed by atoms with E-state index in [1.165, 1.54) is 0 Å². The minimum Gasteiger partial charge on any atom is -0.463 e. The number of esters is 1. The van der Waals surface area contributed by atoms with Crippen molar-refractivity contribution in [1.82, 2.24) is 0 Å². The molecule has 23 heavy (non-hydrogen) atoms. The van der Waals surface area contributed by atoms with Gasteiger partial charge in [0, 0.05) is 13.0 Å². The summed E-state index contributed by atoms with van der Waals surface area (Å²) < 4.78 is 15.6. The van der Waals surface area contributed by atoms with Crippen LogP contribution in [0.3, 0.4) is 0 Å². The first-order chi connectivity index (χ1) is 11.0. The fraction of sp³-hybridized carbons (Fsp3) is 0.938. The van der Waals surface area contributed by atoms with Gasteiger partial charge >= 0.3 is 5.97 Å². The van der Waals surface area contributed by atoms with Crippen LogP contribution < -0.4 is 0 Å². The average Bonchev–Trinajstić information content (AvgIpc) is 2.54.